The van der Waals surface area contributed by atoms with Gasteiger partial charge in [0.15, 0.2) is 0 Å². The number of hydrogen-bond donors (Lipinski definition) is 2. The van der Waals surface area contributed by atoms with Gasteiger partial charge in [-0.3, -0.25) is 4.79 Å². The summed E-state index contributed by atoms with van der Waals surface area (Å²) in [7, 11) is 1.82. The molecule has 0 saturated heterocycles. The van der Waals surface area contributed by atoms with Crippen LogP contribution in [0.5, 0.6) is 5.75 Å². The maximum atomic E-state index is 13.3. The monoisotopic (exact) mass is 449 g/mol. The van der Waals surface area contributed by atoms with E-state index >= 15 is 0 Å². The Morgan fingerprint density at radius 3 is 2.74 bits per heavy atom. The van der Waals surface area contributed by atoms with Crippen molar-refractivity contribution in [3.8, 4) is 23.2 Å². The molecule has 5 rings (SSSR count). The zero-order valence-electron chi connectivity index (χ0n) is 18.2. The molecular formula is C25H19N7O2. The van der Waals surface area contributed by atoms with Crippen LogP contribution in [0.15, 0.2) is 72.8 Å². The van der Waals surface area contributed by atoms with Crippen molar-refractivity contribution in [1.29, 1.82) is 5.26 Å². The van der Waals surface area contributed by atoms with Crippen LogP contribution in [-0.4, -0.2) is 31.1 Å². The molecule has 3 aromatic carbocycles. The molecule has 0 aliphatic rings. The number of amides is 1. The summed E-state index contributed by atoms with van der Waals surface area (Å²) < 4.78 is 7.89. The molecule has 2 N–H and O–H groups in total. The second-order valence-corrected chi connectivity index (χ2v) is 7.62. The lowest BCUT2D eigenvalue weighted by Crippen LogP contribution is -2.16. The number of aryl methyl sites for hydroxylation is 1. The molecule has 0 fully saturated rings. The van der Waals surface area contributed by atoms with Crippen LogP contribution in [-0.2, 0) is 13.7 Å². The summed E-state index contributed by atoms with van der Waals surface area (Å²) in [6.45, 7) is 0.423. The van der Waals surface area contributed by atoms with E-state index in [0.29, 0.717) is 34.9 Å². The van der Waals surface area contributed by atoms with E-state index in [0.717, 1.165) is 16.5 Å². The van der Waals surface area contributed by atoms with Crippen LogP contribution in [0.25, 0.3) is 22.3 Å². The fourth-order valence-electron chi connectivity index (χ4n) is 3.82. The summed E-state index contributed by atoms with van der Waals surface area (Å²) in [6.07, 6.45) is 0. The highest BCUT2D eigenvalue weighted by Gasteiger charge is 2.19. The molecule has 0 atom stereocenters. The predicted octanol–water partition coefficient (Wildman–Crippen LogP) is 4.06. The number of rotatable bonds is 6. The Hall–Kier alpha value is -4.97. The van der Waals surface area contributed by atoms with Gasteiger partial charge in [-0.25, -0.2) is 0 Å². The average molecular weight is 449 g/mol. The Bertz CT molecular complexity index is 1520. The van der Waals surface area contributed by atoms with Crippen molar-refractivity contribution in [2.45, 2.75) is 6.61 Å². The number of tetrazole rings is 1. The van der Waals surface area contributed by atoms with Crippen molar-refractivity contribution < 1.29 is 9.53 Å². The highest BCUT2D eigenvalue weighted by Crippen LogP contribution is 2.31. The van der Waals surface area contributed by atoms with Gasteiger partial charge in [0, 0.05) is 18.0 Å². The molecule has 9 nitrogen and oxygen atoms in total. The number of carbonyl (C=O) groups excluding carboxylic acids is 1. The topological polar surface area (TPSA) is 122 Å². The third-order valence-corrected chi connectivity index (χ3v) is 5.47. The second-order valence-electron chi connectivity index (χ2n) is 7.62. The smallest absolute Gasteiger partial charge is 0.272 e. The standard InChI is InChI=1S/C25H19N7O2/c1-32-21(13-18-8-5-9-22(23(18)32)34-15-16-6-3-2-4-7-16)25(33)27-20-11-10-17(14-26)12-19(20)24-28-30-31-29-24/h2-13H,15H2,1H3,(H,27,33)(H,28,29,30,31). The van der Waals surface area contributed by atoms with Gasteiger partial charge in [-0.1, -0.05) is 42.5 Å². The zero-order chi connectivity index (χ0) is 23.5. The molecule has 0 radical (unpaired) electrons. The minimum absolute atomic E-state index is 0.279. The number of benzene rings is 3. The zero-order valence-corrected chi connectivity index (χ0v) is 18.2. The van der Waals surface area contributed by atoms with E-state index in [9.17, 15) is 10.1 Å². The number of para-hydroxylation sites is 1. The Morgan fingerprint density at radius 2 is 1.97 bits per heavy atom. The van der Waals surface area contributed by atoms with Crippen molar-refractivity contribution in [1.82, 2.24) is 25.2 Å². The van der Waals surface area contributed by atoms with Gasteiger partial charge in [-0.05, 0) is 41.1 Å². The molecule has 0 bridgehead atoms. The largest absolute Gasteiger partial charge is 0.487 e. The molecule has 0 spiro atoms. The van der Waals surface area contributed by atoms with Crippen molar-refractivity contribution >= 4 is 22.5 Å². The van der Waals surface area contributed by atoms with Crippen LogP contribution in [0, 0.1) is 11.3 Å². The fourth-order valence-corrected chi connectivity index (χ4v) is 3.82. The van der Waals surface area contributed by atoms with Crippen molar-refractivity contribution in [3.63, 3.8) is 0 Å². The molecule has 1 amide bonds. The molecule has 0 unspecified atom stereocenters. The Kier molecular flexibility index (Phi) is 5.46. The first kappa shape index (κ1) is 20.9. The second kappa shape index (κ2) is 8.88. The van der Waals surface area contributed by atoms with Crippen molar-refractivity contribution in [3.05, 3.63) is 89.6 Å². The quantitative estimate of drug-likeness (QED) is 0.403. The SMILES string of the molecule is Cn1c(C(=O)Nc2ccc(C#N)cc2-c2nn[nH]n2)cc2cccc(OCc3ccccc3)c21. The fraction of sp³-hybridized carbons (Fsp3) is 0.0800. The number of aromatic nitrogens is 5. The number of aromatic amines is 1. The number of hydrogen-bond acceptors (Lipinski definition) is 6. The first-order valence-electron chi connectivity index (χ1n) is 10.5. The maximum absolute atomic E-state index is 13.3. The summed E-state index contributed by atoms with van der Waals surface area (Å²) in [5.41, 5.74) is 3.71. The molecule has 9 heteroatoms. The average Bonchev–Trinajstić information content (AvgIpc) is 3.52. The summed E-state index contributed by atoms with van der Waals surface area (Å²) in [4.78, 5) is 13.3. The van der Waals surface area contributed by atoms with Crippen molar-refractivity contribution in [2.24, 2.45) is 7.05 Å². The lowest BCUT2D eigenvalue weighted by molar-refractivity contribution is 0.102. The first-order valence-corrected chi connectivity index (χ1v) is 10.5. The number of fused-ring (bicyclic) bond motifs is 1. The van der Waals surface area contributed by atoms with Gasteiger partial charge >= 0.3 is 0 Å². The number of ether oxygens (including phenoxy) is 1. The normalized spacial score (nSPS) is 10.7. The van der Waals surface area contributed by atoms with Gasteiger partial charge in [0.2, 0.25) is 5.82 Å². The molecule has 0 aliphatic heterocycles. The molecule has 0 saturated carbocycles. The number of carbonyl (C=O) groups is 1. The summed E-state index contributed by atoms with van der Waals surface area (Å²) in [5, 5.41) is 27.0. The number of nitrogens with one attached hydrogen (secondary N) is 2. The highest BCUT2D eigenvalue weighted by molar-refractivity contribution is 6.08. The summed E-state index contributed by atoms with van der Waals surface area (Å²) in [5.74, 6) is 0.650. The molecule has 34 heavy (non-hydrogen) atoms. The molecule has 2 aromatic heterocycles. The Balaban J connectivity index is 1.46. The van der Waals surface area contributed by atoms with E-state index in [2.05, 4.69) is 32.0 Å². The van der Waals surface area contributed by atoms with Gasteiger partial charge < -0.3 is 14.6 Å². The Labute approximate surface area is 194 Å². The third kappa shape index (κ3) is 3.96. The molecule has 166 valence electrons. The van der Waals surface area contributed by atoms with Crippen LogP contribution in [0.2, 0.25) is 0 Å². The van der Waals surface area contributed by atoms with Gasteiger partial charge in [-0.15, -0.1) is 10.2 Å². The maximum Gasteiger partial charge on any atom is 0.272 e. The lowest BCUT2D eigenvalue weighted by Gasteiger charge is -2.12. The minimum atomic E-state index is -0.317. The highest BCUT2D eigenvalue weighted by atomic mass is 16.5. The van der Waals surface area contributed by atoms with E-state index in [4.69, 9.17) is 4.74 Å². The van der Waals surface area contributed by atoms with Crippen LogP contribution in [0.4, 0.5) is 5.69 Å². The number of anilines is 1. The summed E-state index contributed by atoms with van der Waals surface area (Å²) >= 11 is 0. The summed E-state index contributed by atoms with van der Waals surface area (Å²) in [6, 6.07) is 24.4. The first-order chi connectivity index (χ1) is 16.6. The number of H-pyrrole nitrogens is 1. The van der Waals surface area contributed by atoms with E-state index in [1.54, 1.807) is 18.2 Å². The van der Waals surface area contributed by atoms with Crippen LogP contribution < -0.4 is 10.1 Å². The molecule has 5 aromatic rings. The predicted molar refractivity (Wildman–Crippen MR) is 126 cm³/mol. The van der Waals surface area contributed by atoms with E-state index in [-0.39, 0.29) is 11.7 Å². The number of nitriles is 1. The molecular weight excluding hydrogens is 430 g/mol. The van der Waals surface area contributed by atoms with Gasteiger partial charge in [0.05, 0.1) is 22.8 Å². The van der Waals surface area contributed by atoms with Gasteiger partial charge in [0.1, 0.15) is 18.1 Å². The van der Waals surface area contributed by atoms with Crippen LogP contribution >= 0.6 is 0 Å². The Morgan fingerprint density at radius 1 is 1.12 bits per heavy atom. The van der Waals surface area contributed by atoms with E-state index < -0.39 is 0 Å². The third-order valence-electron chi connectivity index (χ3n) is 5.47. The van der Waals surface area contributed by atoms with Gasteiger partial charge in [0.25, 0.3) is 5.91 Å². The molecule has 2 heterocycles. The van der Waals surface area contributed by atoms with Crippen molar-refractivity contribution in [2.75, 3.05) is 5.32 Å². The van der Waals surface area contributed by atoms with E-state index in [1.807, 2.05) is 66.2 Å². The number of nitrogens with zero attached hydrogens (tertiary/aromatic N) is 5. The lowest BCUT2D eigenvalue weighted by atomic mass is 10.1. The van der Waals surface area contributed by atoms with Gasteiger partial charge in [-0.2, -0.15) is 10.5 Å². The minimum Gasteiger partial charge on any atom is -0.487 e. The molecule has 0 aliphatic carbocycles. The van der Waals surface area contributed by atoms with E-state index in [1.165, 1.54) is 0 Å². The van der Waals surface area contributed by atoms with Crippen LogP contribution in [0.3, 0.4) is 0 Å². The van der Waals surface area contributed by atoms with Crippen LogP contribution in [0.1, 0.15) is 21.6 Å².